The molecule has 1 amide bonds. The first-order valence-electron chi connectivity index (χ1n) is 10.6. The van der Waals surface area contributed by atoms with Crippen LogP contribution in [-0.2, 0) is 10.0 Å². The highest BCUT2D eigenvalue weighted by Crippen LogP contribution is 2.33. The summed E-state index contributed by atoms with van der Waals surface area (Å²) in [7, 11) is 0.506. The molecule has 3 aromatic rings. The van der Waals surface area contributed by atoms with E-state index in [0.29, 0.717) is 27.2 Å². The van der Waals surface area contributed by atoms with Crippen LogP contribution >= 0.6 is 34.3 Å². The van der Waals surface area contributed by atoms with Gasteiger partial charge < -0.3 is 4.90 Å². The first-order chi connectivity index (χ1) is 15.7. The van der Waals surface area contributed by atoms with Gasteiger partial charge in [0.25, 0.3) is 21.8 Å². The number of fused-ring (bicyclic) bond motifs is 1. The average molecular weight is 524 g/mol. The molecule has 0 aliphatic carbocycles. The maximum atomic E-state index is 13.2. The van der Waals surface area contributed by atoms with Gasteiger partial charge in [-0.1, -0.05) is 17.7 Å². The third-order valence-electron chi connectivity index (χ3n) is 6.14. The number of hydrogen-bond donors (Lipinski definition) is 0. The average Bonchev–Trinajstić information content (AvgIpc) is 3.52. The van der Waals surface area contributed by atoms with Crippen LogP contribution in [0.3, 0.4) is 0 Å². The molecule has 2 aromatic heterocycles. The van der Waals surface area contributed by atoms with Crippen LogP contribution in [0.15, 0.2) is 39.9 Å². The summed E-state index contributed by atoms with van der Waals surface area (Å²) in [5.74, 6) is 1.09. The number of hydrogen-bond acceptors (Lipinski definition) is 6. The lowest BCUT2D eigenvalue weighted by molar-refractivity contribution is -0.486. The lowest BCUT2D eigenvalue weighted by atomic mass is 10.2. The third-order valence-corrected chi connectivity index (χ3v) is 10.7. The summed E-state index contributed by atoms with van der Waals surface area (Å²) >= 11 is 8.71. The van der Waals surface area contributed by atoms with Crippen molar-refractivity contribution >= 4 is 66.1 Å². The molecule has 174 valence electrons. The number of carbonyl (C=O) groups is 1. The predicted octanol–water partition coefficient (Wildman–Crippen LogP) is 3.10. The van der Waals surface area contributed by atoms with E-state index in [-0.39, 0.29) is 19.0 Å². The van der Waals surface area contributed by atoms with Crippen LogP contribution in [0, 0.1) is 0 Å². The monoisotopic (exact) mass is 523 g/mol. The van der Waals surface area contributed by atoms with Crippen LogP contribution in [0.1, 0.15) is 15.2 Å². The second-order valence-electron chi connectivity index (χ2n) is 8.31. The van der Waals surface area contributed by atoms with E-state index in [9.17, 15) is 13.2 Å². The Morgan fingerprint density at radius 1 is 1.09 bits per heavy atom. The Labute approximate surface area is 206 Å². The van der Waals surface area contributed by atoms with Gasteiger partial charge in [-0.3, -0.25) is 14.3 Å². The number of piperazine rings is 1. The number of carbonyl (C=O) groups excluding carboxylic acids is 1. The number of amides is 1. The van der Waals surface area contributed by atoms with E-state index in [2.05, 4.69) is 23.6 Å². The van der Waals surface area contributed by atoms with Gasteiger partial charge in [-0.15, -0.1) is 22.7 Å². The molecule has 1 saturated heterocycles. The van der Waals surface area contributed by atoms with E-state index in [1.807, 2.05) is 17.5 Å². The first-order valence-corrected chi connectivity index (χ1v) is 14.1. The van der Waals surface area contributed by atoms with E-state index in [0.717, 1.165) is 34.6 Å². The molecule has 0 atom stereocenters. The molecule has 4 heterocycles. The molecule has 33 heavy (non-hydrogen) atoms. The fourth-order valence-corrected chi connectivity index (χ4v) is 8.44. The molecule has 1 fully saturated rings. The van der Waals surface area contributed by atoms with Gasteiger partial charge in [0.05, 0.1) is 24.5 Å². The molecule has 2 aliphatic rings. The zero-order valence-corrected chi connectivity index (χ0v) is 21.5. The molecule has 5 rings (SSSR count). The Morgan fingerprint density at radius 2 is 1.85 bits per heavy atom. The van der Waals surface area contributed by atoms with Crippen LogP contribution < -0.4 is 0 Å². The highest BCUT2D eigenvalue weighted by Gasteiger charge is 2.33. The Hall–Kier alpha value is -1.98. The van der Waals surface area contributed by atoms with Crippen LogP contribution in [0.5, 0.6) is 0 Å². The van der Waals surface area contributed by atoms with E-state index < -0.39 is 10.0 Å². The summed E-state index contributed by atoms with van der Waals surface area (Å²) in [5, 5.41) is 3.47. The van der Waals surface area contributed by atoms with Crippen LogP contribution in [-0.4, -0.2) is 92.2 Å². The highest BCUT2D eigenvalue weighted by atomic mass is 35.5. The van der Waals surface area contributed by atoms with Crippen LogP contribution in [0.25, 0.3) is 10.1 Å². The number of benzene rings is 1. The van der Waals surface area contributed by atoms with Gasteiger partial charge in [0.1, 0.15) is 17.3 Å². The highest BCUT2D eigenvalue weighted by molar-refractivity contribution is 7.91. The fourth-order valence-electron chi connectivity index (χ4n) is 4.33. The molecule has 2 aliphatic heterocycles. The summed E-state index contributed by atoms with van der Waals surface area (Å²) in [6, 6.07) is 9.02. The van der Waals surface area contributed by atoms with Crippen molar-refractivity contribution in [3.63, 3.8) is 0 Å². The summed E-state index contributed by atoms with van der Waals surface area (Å²) in [5.41, 5.74) is 1.05. The zero-order valence-electron chi connectivity index (χ0n) is 18.3. The maximum absolute atomic E-state index is 13.2. The predicted molar refractivity (Wildman–Crippen MR) is 134 cm³/mol. The minimum absolute atomic E-state index is 0.0382. The number of sulfonamides is 1. The van der Waals surface area contributed by atoms with Crippen molar-refractivity contribution in [1.29, 1.82) is 0 Å². The van der Waals surface area contributed by atoms with Crippen LogP contribution in [0.4, 0.5) is 0 Å². The third kappa shape index (κ3) is 4.19. The van der Waals surface area contributed by atoms with Crippen molar-refractivity contribution in [2.45, 2.75) is 4.21 Å². The lowest BCUT2D eigenvalue weighted by Crippen LogP contribution is -2.50. The summed E-state index contributed by atoms with van der Waals surface area (Å²) < 4.78 is 31.2. The Balaban J connectivity index is 1.28. The summed E-state index contributed by atoms with van der Waals surface area (Å²) in [6.45, 7) is 3.24. The number of halogens is 1. The number of likely N-dealkylation sites (N-methyl/N-ethyl adjacent to an activating group) is 2. The largest absolute Gasteiger partial charge is 0.335 e. The van der Waals surface area contributed by atoms with Crippen molar-refractivity contribution in [1.82, 2.24) is 14.1 Å². The number of amidine groups is 1. The molecule has 1 aromatic carbocycles. The van der Waals surface area contributed by atoms with Crippen molar-refractivity contribution in [3.05, 3.63) is 51.2 Å². The van der Waals surface area contributed by atoms with Gasteiger partial charge in [-0.25, -0.2) is 8.42 Å². The molecule has 0 saturated carbocycles. The molecular weight excluding hydrogens is 500 g/mol. The van der Waals surface area contributed by atoms with E-state index in [1.165, 1.54) is 27.0 Å². The van der Waals surface area contributed by atoms with Crippen molar-refractivity contribution in [2.24, 2.45) is 0 Å². The number of rotatable bonds is 4. The summed E-state index contributed by atoms with van der Waals surface area (Å²) in [4.78, 5) is 17.7. The normalized spacial score (nSPS) is 18.0. The Bertz CT molecular complexity index is 1370. The van der Waals surface area contributed by atoms with E-state index >= 15 is 0 Å². The quantitative estimate of drug-likeness (QED) is 0.493. The lowest BCUT2D eigenvalue weighted by Gasteiger charge is -2.33. The molecule has 0 bridgehead atoms. The van der Waals surface area contributed by atoms with Crippen molar-refractivity contribution < 1.29 is 17.8 Å². The molecule has 0 N–H and O–H groups in total. The number of nitrogens with zero attached hydrogens (tertiary/aromatic N) is 4. The fraction of sp³-hybridized carbons (Fsp3) is 0.364. The van der Waals surface area contributed by atoms with E-state index in [1.54, 1.807) is 23.1 Å². The summed E-state index contributed by atoms with van der Waals surface area (Å²) in [6.07, 6.45) is 0. The van der Waals surface area contributed by atoms with Gasteiger partial charge in [0.15, 0.2) is 0 Å². The van der Waals surface area contributed by atoms with E-state index in [4.69, 9.17) is 11.6 Å². The van der Waals surface area contributed by atoms with Gasteiger partial charge in [0, 0.05) is 41.3 Å². The SMILES string of the molecule is CN1CC[N+](C)=C1c1csc(C(=O)N2CCN(S(=O)(=O)c3cc4ccc(Cl)cc4s3)CC2)c1. The second kappa shape index (κ2) is 8.66. The first kappa shape index (κ1) is 22.8. The molecule has 0 spiro atoms. The second-order valence-corrected chi connectivity index (χ2v) is 12.9. The van der Waals surface area contributed by atoms with Gasteiger partial charge >= 0.3 is 0 Å². The van der Waals surface area contributed by atoms with Crippen molar-refractivity contribution in [3.8, 4) is 0 Å². The standard InChI is InChI=1S/C22H24ClN4O3S3/c1-24-5-6-25(2)21(24)16-11-19(31-14-16)22(28)26-7-9-27(10-8-26)33(29,30)20-12-15-3-4-17(23)13-18(15)32-20/h3-4,11-14H,5-10H2,1-2H3/q+1. The molecule has 0 radical (unpaired) electrons. The molecule has 0 unspecified atom stereocenters. The van der Waals surface area contributed by atoms with Gasteiger partial charge in [-0.05, 0) is 29.7 Å². The minimum atomic E-state index is -3.61. The Morgan fingerprint density at radius 3 is 2.55 bits per heavy atom. The molecule has 11 heteroatoms. The Kier molecular flexibility index (Phi) is 5.98. The van der Waals surface area contributed by atoms with Crippen LogP contribution in [0.2, 0.25) is 5.02 Å². The topological polar surface area (TPSA) is 63.9 Å². The number of thiophene rings is 2. The minimum Gasteiger partial charge on any atom is -0.335 e. The molecular formula is C22H24ClN4O3S3+. The van der Waals surface area contributed by atoms with Crippen molar-refractivity contribution in [2.75, 3.05) is 53.4 Å². The smallest absolute Gasteiger partial charge is 0.279 e. The van der Waals surface area contributed by atoms with Gasteiger partial charge in [0.2, 0.25) is 0 Å². The van der Waals surface area contributed by atoms with Gasteiger partial charge in [-0.2, -0.15) is 4.31 Å². The maximum Gasteiger partial charge on any atom is 0.279 e. The zero-order chi connectivity index (χ0) is 23.3. The molecule has 7 nitrogen and oxygen atoms in total.